The molecule has 0 aliphatic carbocycles. The zero-order chi connectivity index (χ0) is 20.8. The number of hydrazone groups is 2. The summed E-state index contributed by atoms with van der Waals surface area (Å²) in [6.07, 6.45) is 1.73. The molecule has 0 bridgehead atoms. The maximum absolute atomic E-state index is 11.9. The Labute approximate surface area is 167 Å². The van der Waals surface area contributed by atoms with Gasteiger partial charge in [0, 0.05) is 5.56 Å². The second-order valence-corrected chi connectivity index (χ2v) is 6.30. The van der Waals surface area contributed by atoms with Gasteiger partial charge in [0.25, 0.3) is 11.8 Å². The maximum Gasteiger partial charge on any atom is 0.277 e. The lowest BCUT2D eigenvalue weighted by Gasteiger charge is -2.07. The summed E-state index contributed by atoms with van der Waals surface area (Å²) < 4.78 is 5.44. The van der Waals surface area contributed by atoms with E-state index >= 15 is 0 Å². The second kappa shape index (κ2) is 8.83. The van der Waals surface area contributed by atoms with Gasteiger partial charge in [0.2, 0.25) is 0 Å². The Bertz CT molecular complexity index is 1020. The number of carbonyl (C=O) groups excluding carboxylic acids is 2. The molecule has 0 saturated carbocycles. The number of benzene rings is 2. The van der Waals surface area contributed by atoms with E-state index in [-0.39, 0.29) is 18.3 Å². The molecule has 8 heteroatoms. The molecular formula is C21H20N4O4. The van der Waals surface area contributed by atoms with E-state index in [0.717, 1.165) is 5.56 Å². The van der Waals surface area contributed by atoms with Crippen molar-refractivity contribution in [1.29, 1.82) is 0 Å². The maximum atomic E-state index is 11.9. The molecule has 0 atom stereocenters. The first-order valence-electron chi connectivity index (χ1n) is 8.85. The third-order valence-corrected chi connectivity index (χ3v) is 4.16. The number of rotatable bonds is 6. The summed E-state index contributed by atoms with van der Waals surface area (Å²) in [6, 6.07) is 13.7. The summed E-state index contributed by atoms with van der Waals surface area (Å²) >= 11 is 0. The number of aromatic hydroxyl groups is 1. The van der Waals surface area contributed by atoms with Gasteiger partial charge in [-0.3, -0.25) is 9.59 Å². The summed E-state index contributed by atoms with van der Waals surface area (Å²) in [4.78, 5) is 23.6. The van der Waals surface area contributed by atoms with Crippen molar-refractivity contribution in [2.45, 2.75) is 13.8 Å². The number of carbonyl (C=O) groups is 2. The van der Waals surface area contributed by atoms with Gasteiger partial charge in [-0.1, -0.05) is 24.3 Å². The molecule has 2 aromatic rings. The lowest BCUT2D eigenvalue weighted by atomic mass is 10.1. The third kappa shape index (κ3) is 5.07. The lowest BCUT2D eigenvalue weighted by Crippen LogP contribution is -2.25. The minimum atomic E-state index is -0.430. The normalized spacial score (nSPS) is 15.1. The highest BCUT2D eigenvalue weighted by molar-refractivity contribution is 6.26. The second-order valence-electron chi connectivity index (χ2n) is 6.30. The Balaban J connectivity index is 1.54. The van der Waals surface area contributed by atoms with Crippen LogP contribution in [0.5, 0.6) is 11.5 Å². The average Bonchev–Trinajstić information content (AvgIpc) is 3.04. The number of nitrogens with zero attached hydrogens (tertiary/aromatic N) is 2. The van der Waals surface area contributed by atoms with E-state index in [4.69, 9.17) is 4.74 Å². The first-order valence-corrected chi connectivity index (χ1v) is 8.85. The van der Waals surface area contributed by atoms with Crippen molar-refractivity contribution >= 4 is 29.3 Å². The van der Waals surface area contributed by atoms with Crippen molar-refractivity contribution in [3.05, 3.63) is 65.2 Å². The summed E-state index contributed by atoms with van der Waals surface area (Å²) in [5.41, 5.74) is 7.76. The quantitative estimate of drug-likeness (QED) is 0.397. The molecule has 0 spiro atoms. The van der Waals surface area contributed by atoms with E-state index in [0.29, 0.717) is 28.3 Å². The van der Waals surface area contributed by atoms with Crippen molar-refractivity contribution in [3.63, 3.8) is 0 Å². The Kier molecular flexibility index (Phi) is 6.03. The van der Waals surface area contributed by atoms with Crippen LogP contribution >= 0.6 is 0 Å². The van der Waals surface area contributed by atoms with E-state index in [1.165, 1.54) is 0 Å². The van der Waals surface area contributed by atoms with Gasteiger partial charge >= 0.3 is 0 Å². The highest BCUT2D eigenvalue weighted by Gasteiger charge is 2.18. The van der Waals surface area contributed by atoms with Gasteiger partial charge in [0.05, 0.1) is 17.0 Å². The van der Waals surface area contributed by atoms with Gasteiger partial charge in [0.1, 0.15) is 11.5 Å². The third-order valence-electron chi connectivity index (χ3n) is 4.16. The molecule has 2 amide bonds. The molecule has 0 fully saturated rings. The Morgan fingerprint density at radius 1 is 1.24 bits per heavy atom. The Morgan fingerprint density at radius 3 is 2.62 bits per heavy atom. The molecule has 1 aliphatic heterocycles. The number of amides is 2. The van der Waals surface area contributed by atoms with Gasteiger partial charge < -0.3 is 9.84 Å². The molecule has 0 unspecified atom stereocenters. The largest absolute Gasteiger partial charge is 0.507 e. The molecular weight excluding hydrogens is 372 g/mol. The molecule has 0 aromatic heterocycles. The minimum Gasteiger partial charge on any atom is -0.507 e. The van der Waals surface area contributed by atoms with Gasteiger partial charge in [-0.05, 0) is 49.8 Å². The average molecular weight is 392 g/mol. The van der Waals surface area contributed by atoms with Crippen molar-refractivity contribution < 1.29 is 19.4 Å². The number of phenols is 1. The van der Waals surface area contributed by atoms with Crippen LogP contribution in [0.1, 0.15) is 25.0 Å². The molecule has 3 rings (SSSR count). The van der Waals surface area contributed by atoms with Crippen molar-refractivity contribution in [1.82, 2.24) is 10.9 Å². The van der Waals surface area contributed by atoms with Gasteiger partial charge in [0.15, 0.2) is 6.61 Å². The summed E-state index contributed by atoms with van der Waals surface area (Å²) in [6.45, 7) is 3.22. The lowest BCUT2D eigenvalue weighted by molar-refractivity contribution is -0.123. The zero-order valence-electron chi connectivity index (χ0n) is 16.0. The Hall–Kier alpha value is -3.94. The number of para-hydroxylation sites is 1. The van der Waals surface area contributed by atoms with Crippen LogP contribution in [0.3, 0.4) is 0 Å². The van der Waals surface area contributed by atoms with E-state index in [1.807, 2.05) is 0 Å². The number of hydrogen-bond donors (Lipinski definition) is 3. The minimum absolute atomic E-state index is 0.0888. The van der Waals surface area contributed by atoms with Crippen LogP contribution in [0.25, 0.3) is 6.08 Å². The fraction of sp³-hybridized carbons (Fsp3) is 0.143. The van der Waals surface area contributed by atoms with Crippen LogP contribution in [0, 0.1) is 0 Å². The predicted molar refractivity (Wildman–Crippen MR) is 110 cm³/mol. The van der Waals surface area contributed by atoms with E-state index < -0.39 is 5.91 Å². The summed E-state index contributed by atoms with van der Waals surface area (Å²) in [7, 11) is 0. The number of ether oxygens (including phenoxy) is 1. The van der Waals surface area contributed by atoms with Crippen LogP contribution in [0.4, 0.5) is 0 Å². The molecule has 8 nitrogen and oxygen atoms in total. The summed E-state index contributed by atoms with van der Waals surface area (Å²) in [5, 5.41) is 17.6. The first-order chi connectivity index (χ1) is 13.9. The molecule has 148 valence electrons. The molecule has 3 N–H and O–H groups in total. The number of hydrogen-bond acceptors (Lipinski definition) is 6. The number of nitrogens with one attached hydrogen (secondary N) is 2. The van der Waals surface area contributed by atoms with Gasteiger partial charge in [-0.25, -0.2) is 10.9 Å². The van der Waals surface area contributed by atoms with E-state index in [2.05, 4.69) is 21.1 Å². The first kappa shape index (κ1) is 19.8. The molecule has 2 aromatic carbocycles. The SMILES string of the molecule is CC1=NNC(=O)/C1=C/c1ccc(OCC(=O)N/N=C(\C)c2ccccc2O)cc1. The van der Waals surface area contributed by atoms with Crippen molar-refractivity contribution in [2.24, 2.45) is 10.2 Å². The van der Waals surface area contributed by atoms with Crippen LogP contribution in [-0.4, -0.2) is 35.0 Å². The zero-order valence-corrected chi connectivity index (χ0v) is 16.0. The van der Waals surface area contributed by atoms with Crippen LogP contribution in [0.15, 0.2) is 64.3 Å². The highest BCUT2D eigenvalue weighted by atomic mass is 16.5. The molecule has 0 saturated heterocycles. The molecule has 1 aliphatic rings. The molecule has 1 heterocycles. The monoisotopic (exact) mass is 392 g/mol. The van der Waals surface area contributed by atoms with Crippen molar-refractivity contribution in [2.75, 3.05) is 6.61 Å². The molecule has 0 radical (unpaired) electrons. The Morgan fingerprint density at radius 2 is 1.97 bits per heavy atom. The van der Waals surface area contributed by atoms with Gasteiger partial charge in [-0.2, -0.15) is 10.2 Å². The smallest absolute Gasteiger partial charge is 0.277 e. The summed E-state index contributed by atoms with van der Waals surface area (Å²) in [5.74, 6) is -0.0737. The molecule has 29 heavy (non-hydrogen) atoms. The standard InChI is InChI=1S/C21H20N4O4/c1-13(17-5-3-4-6-19(17)26)22-24-20(27)12-29-16-9-7-15(8-10-16)11-18-14(2)23-25-21(18)28/h3-11,26H,12H2,1-2H3,(H,24,27)(H,25,28)/b18-11+,22-13+. The van der Waals surface area contributed by atoms with E-state index in [1.54, 1.807) is 68.5 Å². The van der Waals surface area contributed by atoms with Crippen LogP contribution in [-0.2, 0) is 9.59 Å². The van der Waals surface area contributed by atoms with Crippen LogP contribution < -0.4 is 15.6 Å². The highest BCUT2D eigenvalue weighted by Crippen LogP contribution is 2.17. The fourth-order valence-corrected chi connectivity index (χ4v) is 2.58. The topological polar surface area (TPSA) is 112 Å². The number of phenolic OH excluding ortho intramolecular Hbond substituents is 1. The van der Waals surface area contributed by atoms with E-state index in [9.17, 15) is 14.7 Å². The van der Waals surface area contributed by atoms with Gasteiger partial charge in [-0.15, -0.1) is 0 Å². The fourth-order valence-electron chi connectivity index (χ4n) is 2.58. The van der Waals surface area contributed by atoms with Crippen LogP contribution in [0.2, 0.25) is 0 Å². The predicted octanol–water partition coefficient (Wildman–Crippen LogP) is 2.20. The van der Waals surface area contributed by atoms with Crippen molar-refractivity contribution in [3.8, 4) is 11.5 Å².